The molecule has 5 rings (SSSR count). The molecule has 0 atom stereocenters. The van der Waals surface area contributed by atoms with Gasteiger partial charge in [0.2, 0.25) is 0 Å². The lowest BCUT2D eigenvalue weighted by Crippen LogP contribution is -2.17. The van der Waals surface area contributed by atoms with Crippen LogP contribution in [0, 0.1) is 0 Å². The molecule has 0 aliphatic carbocycles. The first-order valence-electron chi connectivity index (χ1n) is 10.3. The summed E-state index contributed by atoms with van der Waals surface area (Å²) in [7, 11) is 4.10. The van der Waals surface area contributed by atoms with Gasteiger partial charge in [0.25, 0.3) is 0 Å². The first-order valence-corrected chi connectivity index (χ1v) is 10.3. The van der Waals surface area contributed by atoms with E-state index in [0.717, 1.165) is 42.3 Å². The summed E-state index contributed by atoms with van der Waals surface area (Å²) in [6.07, 6.45) is 3.00. The molecular formula is C24H26N4O2. The van der Waals surface area contributed by atoms with Gasteiger partial charge in [-0.1, -0.05) is 18.2 Å². The monoisotopic (exact) mass is 402 g/mol. The van der Waals surface area contributed by atoms with Gasteiger partial charge in [0, 0.05) is 55.1 Å². The van der Waals surface area contributed by atoms with Crippen LogP contribution in [0.15, 0.2) is 54.7 Å². The molecule has 2 aromatic heterocycles. The van der Waals surface area contributed by atoms with Crippen LogP contribution in [0.1, 0.15) is 17.7 Å². The number of rotatable bonds is 5. The fraction of sp³-hybridized carbons (Fsp3) is 0.292. The van der Waals surface area contributed by atoms with Crippen LogP contribution in [0.4, 0.5) is 0 Å². The third-order valence-corrected chi connectivity index (χ3v) is 5.39. The molecule has 0 spiro atoms. The van der Waals surface area contributed by atoms with Crippen LogP contribution in [0.2, 0.25) is 0 Å². The van der Waals surface area contributed by atoms with Crippen LogP contribution in [-0.4, -0.2) is 39.9 Å². The van der Waals surface area contributed by atoms with Crippen molar-refractivity contribution in [3.05, 3.63) is 66.0 Å². The first-order chi connectivity index (χ1) is 14.7. The van der Waals surface area contributed by atoms with E-state index in [0.29, 0.717) is 13.2 Å². The number of hydrogen-bond acceptors (Lipinski definition) is 4. The van der Waals surface area contributed by atoms with Crippen molar-refractivity contribution in [3.8, 4) is 22.8 Å². The van der Waals surface area contributed by atoms with Crippen molar-refractivity contribution in [1.82, 2.24) is 19.7 Å². The number of aromatic amines is 1. The van der Waals surface area contributed by atoms with E-state index in [1.54, 1.807) is 0 Å². The number of para-hydroxylation sites is 1. The van der Waals surface area contributed by atoms with Gasteiger partial charge in [-0.25, -0.2) is 0 Å². The molecule has 0 fully saturated rings. The Balaban J connectivity index is 1.37. The lowest BCUT2D eigenvalue weighted by Gasteiger charge is -2.16. The molecule has 6 heteroatoms. The number of nitrogens with one attached hydrogen (secondary N) is 1. The molecule has 30 heavy (non-hydrogen) atoms. The van der Waals surface area contributed by atoms with Crippen molar-refractivity contribution >= 4 is 10.9 Å². The van der Waals surface area contributed by atoms with Crippen LogP contribution in [0.25, 0.3) is 22.2 Å². The fourth-order valence-corrected chi connectivity index (χ4v) is 4.06. The molecule has 0 saturated carbocycles. The fourth-order valence-electron chi connectivity index (χ4n) is 4.06. The molecule has 0 saturated heterocycles. The third kappa shape index (κ3) is 3.78. The van der Waals surface area contributed by atoms with Crippen molar-refractivity contribution in [1.29, 1.82) is 0 Å². The zero-order valence-electron chi connectivity index (χ0n) is 17.4. The Morgan fingerprint density at radius 3 is 2.73 bits per heavy atom. The second kappa shape index (κ2) is 7.88. The lowest BCUT2D eigenvalue weighted by atomic mass is 10.1. The predicted molar refractivity (Wildman–Crippen MR) is 118 cm³/mol. The van der Waals surface area contributed by atoms with Crippen molar-refractivity contribution < 1.29 is 9.47 Å². The molecule has 154 valence electrons. The summed E-state index contributed by atoms with van der Waals surface area (Å²) in [5, 5.41) is 5.98. The van der Waals surface area contributed by atoms with Gasteiger partial charge in [0.05, 0.1) is 18.9 Å². The van der Waals surface area contributed by atoms with Crippen LogP contribution in [0.5, 0.6) is 11.5 Å². The van der Waals surface area contributed by atoms with Crippen molar-refractivity contribution in [3.63, 3.8) is 0 Å². The number of nitrogens with zero attached hydrogens (tertiary/aromatic N) is 3. The van der Waals surface area contributed by atoms with E-state index in [4.69, 9.17) is 14.6 Å². The Kier molecular flexibility index (Phi) is 4.93. The normalized spacial score (nSPS) is 13.7. The van der Waals surface area contributed by atoms with Crippen LogP contribution in [-0.2, 0) is 20.1 Å². The van der Waals surface area contributed by atoms with Gasteiger partial charge >= 0.3 is 0 Å². The highest BCUT2D eigenvalue weighted by Gasteiger charge is 2.17. The number of ether oxygens (including phenoxy) is 2. The molecule has 6 nitrogen and oxygen atoms in total. The quantitative estimate of drug-likeness (QED) is 0.539. The minimum Gasteiger partial charge on any atom is -0.490 e. The maximum atomic E-state index is 5.87. The number of H-pyrrole nitrogens is 1. The van der Waals surface area contributed by atoms with E-state index in [1.807, 2.05) is 23.9 Å². The van der Waals surface area contributed by atoms with E-state index >= 15 is 0 Å². The van der Waals surface area contributed by atoms with Gasteiger partial charge in [-0.3, -0.25) is 9.58 Å². The smallest absolute Gasteiger partial charge is 0.161 e. The number of aromatic nitrogens is 3. The van der Waals surface area contributed by atoms with Gasteiger partial charge < -0.3 is 14.5 Å². The summed E-state index contributed by atoms with van der Waals surface area (Å²) in [4.78, 5) is 5.81. The van der Waals surface area contributed by atoms with E-state index in [2.05, 4.69) is 59.5 Å². The Labute approximate surface area is 176 Å². The minimum atomic E-state index is 0.679. The number of hydrogen-bond donors (Lipinski definition) is 1. The maximum Gasteiger partial charge on any atom is 0.161 e. The summed E-state index contributed by atoms with van der Waals surface area (Å²) < 4.78 is 13.5. The summed E-state index contributed by atoms with van der Waals surface area (Å²) in [6, 6.07) is 16.7. The Bertz CT molecular complexity index is 1140. The van der Waals surface area contributed by atoms with E-state index < -0.39 is 0 Å². The predicted octanol–water partition coefficient (Wildman–Crippen LogP) is 4.36. The van der Waals surface area contributed by atoms with Crippen LogP contribution >= 0.6 is 0 Å². The topological polar surface area (TPSA) is 55.3 Å². The Morgan fingerprint density at radius 1 is 1.03 bits per heavy atom. The van der Waals surface area contributed by atoms with Gasteiger partial charge in [0.1, 0.15) is 0 Å². The van der Waals surface area contributed by atoms with E-state index in [1.165, 1.54) is 22.2 Å². The van der Waals surface area contributed by atoms with Crippen molar-refractivity contribution in [2.45, 2.75) is 19.5 Å². The average molecular weight is 402 g/mol. The lowest BCUT2D eigenvalue weighted by molar-refractivity contribution is 0.297. The zero-order valence-corrected chi connectivity index (χ0v) is 17.4. The number of aryl methyl sites for hydroxylation is 1. The molecule has 1 aliphatic rings. The molecule has 4 aromatic rings. The SMILES string of the molecule is CN(Cc1cc2ccccc2[nH]1)Cc1cn(C)nc1-c1ccc2c(c1)OCCCO2. The summed E-state index contributed by atoms with van der Waals surface area (Å²) in [6.45, 7) is 3.01. The van der Waals surface area contributed by atoms with Crippen LogP contribution in [0.3, 0.4) is 0 Å². The molecular weight excluding hydrogens is 376 g/mol. The minimum absolute atomic E-state index is 0.679. The van der Waals surface area contributed by atoms with Gasteiger partial charge in [-0.15, -0.1) is 0 Å². The molecule has 1 aliphatic heterocycles. The average Bonchev–Trinajstić information content (AvgIpc) is 3.21. The second-order valence-electron chi connectivity index (χ2n) is 7.94. The highest BCUT2D eigenvalue weighted by atomic mass is 16.5. The first kappa shape index (κ1) is 18.8. The van der Waals surface area contributed by atoms with Crippen molar-refractivity contribution in [2.24, 2.45) is 7.05 Å². The molecule has 0 bridgehead atoms. The Hall–Kier alpha value is -3.25. The highest BCUT2D eigenvalue weighted by molar-refractivity contribution is 5.80. The van der Waals surface area contributed by atoms with Crippen molar-refractivity contribution in [2.75, 3.05) is 20.3 Å². The standard InChI is InChI=1S/C24H26N4O2/c1-27(16-20-12-17-6-3-4-7-21(17)25-20)14-19-15-28(2)26-24(19)18-8-9-22-23(13-18)30-11-5-10-29-22/h3-4,6-9,12-13,15,25H,5,10-11,14,16H2,1-2H3. The third-order valence-electron chi connectivity index (χ3n) is 5.39. The molecule has 2 aromatic carbocycles. The van der Waals surface area contributed by atoms with Crippen LogP contribution < -0.4 is 9.47 Å². The molecule has 0 unspecified atom stereocenters. The molecule has 0 radical (unpaired) electrons. The molecule has 0 amide bonds. The van der Waals surface area contributed by atoms with Gasteiger partial charge in [0.15, 0.2) is 11.5 Å². The van der Waals surface area contributed by atoms with Gasteiger partial charge in [-0.05, 0) is 42.8 Å². The van der Waals surface area contributed by atoms with E-state index in [-0.39, 0.29) is 0 Å². The van der Waals surface area contributed by atoms with E-state index in [9.17, 15) is 0 Å². The zero-order chi connectivity index (χ0) is 20.5. The summed E-state index contributed by atoms with van der Waals surface area (Å²) >= 11 is 0. The highest BCUT2D eigenvalue weighted by Crippen LogP contribution is 2.35. The second-order valence-corrected chi connectivity index (χ2v) is 7.94. The number of benzene rings is 2. The van der Waals surface area contributed by atoms with Gasteiger partial charge in [-0.2, -0.15) is 5.10 Å². The molecule has 1 N–H and O–H groups in total. The largest absolute Gasteiger partial charge is 0.490 e. The Morgan fingerprint density at radius 2 is 1.87 bits per heavy atom. The number of fused-ring (bicyclic) bond motifs is 2. The summed E-state index contributed by atoms with van der Waals surface area (Å²) in [5.41, 5.74) is 5.60. The molecule has 3 heterocycles. The summed E-state index contributed by atoms with van der Waals surface area (Å²) in [5.74, 6) is 1.61. The maximum absolute atomic E-state index is 5.87.